The zero-order valence-corrected chi connectivity index (χ0v) is 16.5. The zero-order valence-electron chi connectivity index (χ0n) is 15.6. The number of carbonyl (C=O) groups is 1. The van der Waals surface area contributed by atoms with Crippen molar-refractivity contribution >= 4 is 27.6 Å². The van der Waals surface area contributed by atoms with Gasteiger partial charge in [0.15, 0.2) is 11.6 Å². The summed E-state index contributed by atoms with van der Waals surface area (Å²) in [6.07, 6.45) is 0. The molecule has 8 nitrogen and oxygen atoms in total. The molecule has 9 heteroatoms. The van der Waals surface area contributed by atoms with E-state index >= 15 is 0 Å². The minimum atomic E-state index is -3.72. The number of amides is 1. The van der Waals surface area contributed by atoms with E-state index in [4.69, 9.17) is 0 Å². The molecule has 1 amide bonds. The third-order valence-electron chi connectivity index (χ3n) is 4.73. The fraction of sp³-hybridized carbons (Fsp3) is 0.389. The van der Waals surface area contributed by atoms with E-state index in [1.807, 2.05) is 18.7 Å². The van der Waals surface area contributed by atoms with Gasteiger partial charge >= 0.3 is 0 Å². The average molecular weight is 389 g/mol. The molecule has 1 N–H and O–H groups in total. The number of nitrogens with zero attached hydrogens (tertiary/aromatic N) is 4. The summed E-state index contributed by atoms with van der Waals surface area (Å²) in [7, 11) is -3.72. The maximum atomic E-state index is 12.5. The number of nitrogens with one attached hydrogen (secondary N) is 1. The van der Waals surface area contributed by atoms with Crippen molar-refractivity contribution < 1.29 is 13.2 Å². The lowest BCUT2D eigenvalue weighted by atomic mass is 10.1. The van der Waals surface area contributed by atoms with Gasteiger partial charge in [0.2, 0.25) is 5.91 Å². The lowest BCUT2D eigenvalue weighted by Gasteiger charge is -2.34. The molecule has 0 radical (unpaired) electrons. The van der Waals surface area contributed by atoms with Crippen LogP contribution in [0.4, 0.5) is 11.6 Å². The van der Waals surface area contributed by atoms with Gasteiger partial charge < -0.3 is 9.80 Å². The summed E-state index contributed by atoms with van der Waals surface area (Å²) in [6.45, 7) is 7.97. The van der Waals surface area contributed by atoms with Crippen molar-refractivity contribution in [2.24, 2.45) is 0 Å². The van der Waals surface area contributed by atoms with Crippen molar-refractivity contribution in [3.05, 3.63) is 41.5 Å². The van der Waals surface area contributed by atoms with Crippen LogP contribution < -0.4 is 9.62 Å². The van der Waals surface area contributed by atoms with E-state index in [0.29, 0.717) is 32.0 Å². The largest absolute Gasteiger partial charge is 0.352 e. The Hall–Kier alpha value is -2.68. The summed E-state index contributed by atoms with van der Waals surface area (Å²) in [4.78, 5) is 15.4. The van der Waals surface area contributed by atoms with Gasteiger partial charge in [-0.25, -0.2) is 8.42 Å². The van der Waals surface area contributed by atoms with Crippen molar-refractivity contribution in [3.8, 4) is 0 Å². The normalized spacial score (nSPS) is 14.9. The number of sulfonamides is 1. The fourth-order valence-electron chi connectivity index (χ4n) is 2.88. The first kappa shape index (κ1) is 19.1. The molecule has 1 aromatic heterocycles. The Morgan fingerprint density at radius 3 is 2.26 bits per heavy atom. The van der Waals surface area contributed by atoms with Gasteiger partial charge in [0.05, 0.1) is 4.90 Å². The van der Waals surface area contributed by atoms with E-state index in [2.05, 4.69) is 14.9 Å². The molecule has 0 aliphatic carbocycles. The second-order valence-corrected chi connectivity index (χ2v) is 8.30. The van der Waals surface area contributed by atoms with Crippen molar-refractivity contribution in [1.82, 2.24) is 15.1 Å². The number of hydrogen-bond donors (Lipinski definition) is 1. The van der Waals surface area contributed by atoms with Gasteiger partial charge in [-0.1, -0.05) is 6.07 Å². The molecule has 2 aromatic rings. The summed E-state index contributed by atoms with van der Waals surface area (Å²) in [5, 5.41) is 8.12. The number of benzene rings is 1. The lowest BCUT2D eigenvalue weighted by molar-refractivity contribution is -0.129. The predicted octanol–water partition coefficient (Wildman–Crippen LogP) is 1.56. The lowest BCUT2D eigenvalue weighted by Crippen LogP contribution is -2.48. The first-order valence-corrected chi connectivity index (χ1v) is 10.2. The molecule has 1 saturated heterocycles. The number of hydrogen-bond acceptors (Lipinski definition) is 6. The molecule has 0 spiro atoms. The first-order valence-electron chi connectivity index (χ1n) is 8.70. The maximum Gasteiger partial charge on any atom is 0.263 e. The van der Waals surface area contributed by atoms with Crippen molar-refractivity contribution in [2.45, 2.75) is 25.7 Å². The summed E-state index contributed by atoms with van der Waals surface area (Å²) in [5.74, 6) is 0.892. The summed E-state index contributed by atoms with van der Waals surface area (Å²) in [5.41, 5.74) is 1.94. The highest BCUT2D eigenvalue weighted by Gasteiger charge is 2.20. The molecule has 3 rings (SSSR count). The number of rotatable bonds is 4. The van der Waals surface area contributed by atoms with Gasteiger partial charge in [-0.3, -0.25) is 9.52 Å². The smallest absolute Gasteiger partial charge is 0.263 e. The Morgan fingerprint density at radius 1 is 1.00 bits per heavy atom. The quantitative estimate of drug-likeness (QED) is 0.853. The van der Waals surface area contributed by atoms with Crippen LogP contribution in [0.2, 0.25) is 0 Å². The van der Waals surface area contributed by atoms with Crippen LogP contribution in [0, 0.1) is 13.8 Å². The fourth-order valence-corrected chi connectivity index (χ4v) is 3.96. The van der Waals surface area contributed by atoms with Crippen LogP contribution in [0.5, 0.6) is 0 Å². The molecule has 1 aromatic carbocycles. The molecule has 2 heterocycles. The van der Waals surface area contributed by atoms with Gasteiger partial charge in [0, 0.05) is 33.1 Å². The molecule has 0 unspecified atom stereocenters. The molecule has 0 atom stereocenters. The molecule has 1 fully saturated rings. The van der Waals surface area contributed by atoms with Crippen LogP contribution in [0.15, 0.2) is 35.2 Å². The molecular formula is C18H23N5O3S. The number of piperazine rings is 1. The third-order valence-corrected chi connectivity index (χ3v) is 6.08. The maximum absolute atomic E-state index is 12.5. The molecule has 144 valence electrons. The predicted molar refractivity (Wildman–Crippen MR) is 103 cm³/mol. The van der Waals surface area contributed by atoms with Gasteiger partial charge in [-0.2, -0.15) is 0 Å². The van der Waals surface area contributed by atoms with Crippen molar-refractivity contribution in [1.29, 1.82) is 0 Å². The molecule has 1 aliphatic rings. The van der Waals surface area contributed by atoms with E-state index in [0.717, 1.165) is 11.1 Å². The Bertz CT molecular complexity index is 936. The number of aryl methyl sites for hydroxylation is 2. The van der Waals surface area contributed by atoms with Crippen molar-refractivity contribution in [2.75, 3.05) is 35.8 Å². The van der Waals surface area contributed by atoms with Crippen LogP contribution in [0.1, 0.15) is 18.1 Å². The number of carbonyl (C=O) groups excluding carboxylic acids is 1. The SMILES string of the molecule is CC(=O)N1CCN(c2ccc(NS(=O)(=O)c3ccc(C)c(C)c3)nn2)CC1. The monoisotopic (exact) mass is 389 g/mol. The van der Waals surface area contributed by atoms with Gasteiger partial charge in [-0.05, 0) is 49.2 Å². The minimum Gasteiger partial charge on any atom is -0.352 e. The van der Waals surface area contributed by atoms with Crippen LogP contribution in [-0.2, 0) is 14.8 Å². The Labute approximate surface area is 159 Å². The summed E-state index contributed by atoms with van der Waals surface area (Å²) >= 11 is 0. The second-order valence-electron chi connectivity index (χ2n) is 6.62. The van der Waals surface area contributed by atoms with Crippen molar-refractivity contribution in [3.63, 3.8) is 0 Å². The van der Waals surface area contributed by atoms with Crippen LogP contribution in [0.25, 0.3) is 0 Å². The topological polar surface area (TPSA) is 95.5 Å². The third kappa shape index (κ3) is 4.36. The van der Waals surface area contributed by atoms with Gasteiger partial charge in [0.1, 0.15) is 0 Å². The molecule has 0 saturated carbocycles. The van der Waals surface area contributed by atoms with Gasteiger partial charge in [-0.15, -0.1) is 10.2 Å². The number of anilines is 2. The van der Waals surface area contributed by atoms with Crippen LogP contribution >= 0.6 is 0 Å². The second kappa shape index (κ2) is 7.51. The summed E-state index contributed by atoms with van der Waals surface area (Å²) < 4.78 is 27.5. The number of aromatic nitrogens is 2. The van der Waals surface area contributed by atoms with E-state index in [1.54, 1.807) is 42.2 Å². The van der Waals surface area contributed by atoms with Gasteiger partial charge in [0.25, 0.3) is 10.0 Å². The standard InChI is InChI=1S/C18H23N5O3S/c1-13-4-5-16(12-14(13)2)27(25,26)21-17-6-7-18(20-19-17)23-10-8-22(9-11-23)15(3)24/h4-7,12H,8-11H2,1-3H3,(H,19,21). The Morgan fingerprint density at radius 2 is 1.70 bits per heavy atom. The minimum absolute atomic E-state index is 0.0665. The van der Waals surface area contributed by atoms with E-state index < -0.39 is 10.0 Å². The highest BCUT2D eigenvalue weighted by molar-refractivity contribution is 7.92. The van der Waals surface area contributed by atoms with E-state index in [-0.39, 0.29) is 16.6 Å². The Kier molecular flexibility index (Phi) is 5.31. The van der Waals surface area contributed by atoms with E-state index in [1.165, 1.54) is 0 Å². The highest BCUT2D eigenvalue weighted by Crippen LogP contribution is 2.19. The highest BCUT2D eigenvalue weighted by atomic mass is 32.2. The zero-order chi connectivity index (χ0) is 19.6. The molecular weight excluding hydrogens is 366 g/mol. The molecule has 0 bridgehead atoms. The average Bonchev–Trinajstić information content (AvgIpc) is 2.64. The van der Waals surface area contributed by atoms with Crippen LogP contribution in [0.3, 0.4) is 0 Å². The Balaban J connectivity index is 1.68. The van der Waals surface area contributed by atoms with Crippen LogP contribution in [-0.4, -0.2) is 55.6 Å². The first-order chi connectivity index (χ1) is 12.8. The molecule has 27 heavy (non-hydrogen) atoms. The summed E-state index contributed by atoms with van der Waals surface area (Å²) in [6, 6.07) is 8.31. The van der Waals surface area contributed by atoms with E-state index in [9.17, 15) is 13.2 Å². The molecule has 1 aliphatic heterocycles.